The van der Waals surface area contributed by atoms with Crippen LogP contribution in [0.15, 0.2) is 34.9 Å². The minimum Gasteiger partial charge on any atom is -0.462 e. The van der Waals surface area contributed by atoms with Gasteiger partial charge in [0.25, 0.3) is 0 Å². The Labute approximate surface area is 101 Å². The predicted molar refractivity (Wildman–Crippen MR) is 68.2 cm³/mol. The van der Waals surface area contributed by atoms with Gasteiger partial charge < -0.3 is 14.4 Å². The number of anilines is 1. The number of para-hydroxylation sites is 1. The summed E-state index contributed by atoms with van der Waals surface area (Å²) in [5.41, 5.74) is 2.16. The van der Waals surface area contributed by atoms with E-state index in [2.05, 4.69) is 18.0 Å². The average molecular weight is 231 g/mol. The predicted octanol–water partition coefficient (Wildman–Crippen LogP) is 2.64. The molecule has 1 heterocycles. The Morgan fingerprint density at radius 3 is 2.82 bits per heavy atom. The molecule has 0 bridgehead atoms. The van der Waals surface area contributed by atoms with Gasteiger partial charge in [-0.15, -0.1) is 0 Å². The SMILES string of the molecule is CN(CC1(CO)CC1)c1coc2ccccc12. The van der Waals surface area contributed by atoms with E-state index in [1.807, 2.05) is 18.2 Å². The molecular weight excluding hydrogens is 214 g/mol. The fraction of sp³-hybridized carbons (Fsp3) is 0.429. The highest BCUT2D eigenvalue weighted by Gasteiger charge is 2.43. The minimum absolute atomic E-state index is 0.132. The number of furan rings is 1. The Morgan fingerprint density at radius 1 is 1.35 bits per heavy atom. The van der Waals surface area contributed by atoms with Gasteiger partial charge in [-0.2, -0.15) is 0 Å². The summed E-state index contributed by atoms with van der Waals surface area (Å²) in [4.78, 5) is 2.19. The third-order valence-corrected chi connectivity index (χ3v) is 3.74. The zero-order chi connectivity index (χ0) is 11.9. The van der Waals surface area contributed by atoms with E-state index in [1.54, 1.807) is 6.26 Å². The van der Waals surface area contributed by atoms with Crippen LogP contribution in [0.4, 0.5) is 5.69 Å². The van der Waals surface area contributed by atoms with Gasteiger partial charge in [-0.1, -0.05) is 12.1 Å². The maximum atomic E-state index is 9.37. The van der Waals surface area contributed by atoms with E-state index in [1.165, 1.54) is 0 Å². The monoisotopic (exact) mass is 231 g/mol. The van der Waals surface area contributed by atoms with Crippen molar-refractivity contribution in [3.8, 4) is 0 Å². The van der Waals surface area contributed by atoms with Crippen molar-refractivity contribution >= 4 is 16.7 Å². The molecule has 0 spiro atoms. The average Bonchev–Trinajstić information content (AvgIpc) is 2.99. The molecular formula is C14H17NO2. The number of rotatable bonds is 4. The number of fused-ring (bicyclic) bond motifs is 1. The number of hydrogen-bond acceptors (Lipinski definition) is 3. The third-order valence-electron chi connectivity index (χ3n) is 3.74. The van der Waals surface area contributed by atoms with Gasteiger partial charge in [-0.3, -0.25) is 0 Å². The van der Waals surface area contributed by atoms with Crippen molar-refractivity contribution in [2.24, 2.45) is 5.41 Å². The van der Waals surface area contributed by atoms with Crippen molar-refractivity contribution in [2.45, 2.75) is 12.8 Å². The topological polar surface area (TPSA) is 36.6 Å². The van der Waals surface area contributed by atoms with Crippen LogP contribution in [-0.2, 0) is 0 Å². The summed E-state index contributed by atoms with van der Waals surface area (Å²) < 4.78 is 5.53. The summed E-state index contributed by atoms with van der Waals surface area (Å²) in [7, 11) is 2.06. The molecule has 17 heavy (non-hydrogen) atoms. The van der Waals surface area contributed by atoms with Gasteiger partial charge >= 0.3 is 0 Å². The van der Waals surface area contributed by atoms with Gasteiger partial charge in [0.2, 0.25) is 0 Å². The fourth-order valence-electron chi connectivity index (χ4n) is 2.39. The summed E-state index contributed by atoms with van der Waals surface area (Å²) >= 11 is 0. The number of aliphatic hydroxyl groups excluding tert-OH is 1. The maximum absolute atomic E-state index is 9.37. The zero-order valence-electron chi connectivity index (χ0n) is 10.0. The first-order chi connectivity index (χ1) is 8.24. The number of nitrogens with zero attached hydrogens (tertiary/aromatic N) is 1. The maximum Gasteiger partial charge on any atom is 0.136 e. The molecule has 3 nitrogen and oxygen atoms in total. The van der Waals surface area contributed by atoms with Gasteiger partial charge in [0, 0.05) is 24.4 Å². The Kier molecular flexibility index (Phi) is 2.37. The van der Waals surface area contributed by atoms with Crippen LogP contribution >= 0.6 is 0 Å². The van der Waals surface area contributed by atoms with Crippen molar-refractivity contribution in [1.29, 1.82) is 0 Å². The Balaban J connectivity index is 1.88. The van der Waals surface area contributed by atoms with Crippen molar-refractivity contribution in [3.63, 3.8) is 0 Å². The van der Waals surface area contributed by atoms with Gasteiger partial charge in [0.1, 0.15) is 11.8 Å². The first-order valence-electron chi connectivity index (χ1n) is 6.02. The van der Waals surface area contributed by atoms with Crippen molar-refractivity contribution < 1.29 is 9.52 Å². The van der Waals surface area contributed by atoms with Crippen LogP contribution < -0.4 is 4.90 Å². The molecule has 2 aromatic rings. The van der Waals surface area contributed by atoms with Crippen molar-refractivity contribution in [1.82, 2.24) is 0 Å². The summed E-state index contributed by atoms with van der Waals surface area (Å²) in [6.45, 7) is 1.18. The van der Waals surface area contributed by atoms with Gasteiger partial charge in [-0.25, -0.2) is 0 Å². The van der Waals surface area contributed by atoms with Gasteiger partial charge in [0.05, 0.1) is 12.3 Å². The van der Waals surface area contributed by atoms with Crippen LogP contribution in [0.2, 0.25) is 0 Å². The second kappa shape index (κ2) is 3.77. The van der Waals surface area contributed by atoms with E-state index >= 15 is 0 Å². The fourth-order valence-corrected chi connectivity index (χ4v) is 2.39. The quantitative estimate of drug-likeness (QED) is 0.878. The smallest absolute Gasteiger partial charge is 0.136 e. The summed E-state index contributed by atoms with van der Waals surface area (Å²) in [5, 5.41) is 10.5. The molecule has 1 aliphatic rings. The van der Waals surface area contributed by atoms with Gasteiger partial charge in [0.15, 0.2) is 0 Å². The molecule has 1 aromatic heterocycles. The van der Waals surface area contributed by atoms with Crippen LogP contribution in [0.25, 0.3) is 11.0 Å². The lowest BCUT2D eigenvalue weighted by molar-refractivity contribution is 0.215. The van der Waals surface area contributed by atoms with Crippen LogP contribution in [0, 0.1) is 5.41 Å². The van der Waals surface area contributed by atoms with E-state index in [9.17, 15) is 5.11 Å². The molecule has 3 heteroatoms. The second-order valence-corrected chi connectivity index (χ2v) is 5.13. The number of hydrogen-bond donors (Lipinski definition) is 1. The second-order valence-electron chi connectivity index (χ2n) is 5.13. The normalized spacial score (nSPS) is 17.3. The molecule has 0 atom stereocenters. The summed E-state index contributed by atoms with van der Waals surface area (Å²) in [6.07, 6.45) is 4.06. The molecule has 1 aliphatic carbocycles. The molecule has 0 radical (unpaired) electrons. The summed E-state index contributed by atoms with van der Waals surface area (Å²) in [5.74, 6) is 0. The largest absolute Gasteiger partial charge is 0.462 e. The molecule has 1 N–H and O–H groups in total. The van der Waals surface area contributed by atoms with E-state index in [-0.39, 0.29) is 12.0 Å². The van der Waals surface area contributed by atoms with Crippen LogP contribution in [0.1, 0.15) is 12.8 Å². The molecule has 0 saturated heterocycles. The number of benzene rings is 1. The molecule has 1 aromatic carbocycles. The highest BCUT2D eigenvalue weighted by molar-refractivity contribution is 5.90. The Bertz CT molecular complexity index is 528. The van der Waals surface area contributed by atoms with E-state index < -0.39 is 0 Å². The zero-order valence-corrected chi connectivity index (χ0v) is 10.0. The van der Waals surface area contributed by atoms with E-state index in [0.717, 1.165) is 36.0 Å². The van der Waals surface area contributed by atoms with Crippen molar-refractivity contribution in [3.05, 3.63) is 30.5 Å². The summed E-state index contributed by atoms with van der Waals surface area (Å²) in [6, 6.07) is 8.05. The first kappa shape index (κ1) is 10.7. The molecule has 0 aliphatic heterocycles. The van der Waals surface area contributed by atoms with Crippen LogP contribution in [0.3, 0.4) is 0 Å². The van der Waals surface area contributed by atoms with E-state index in [0.29, 0.717) is 0 Å². The highest BCUT2D eigenvalue weighted by Crippen LogP contribution is 2.46. The lowest BCUT2D eigenvalue weighted by Crippen LogP contribution is -2.28. The van der Waals surface area contributed by atoms with Crippen LogP contribution in [0.5, 0.6) is 0 Å². The molecule has 0 amide bonds. The molecule has 0 unspecified atom stereocenters. The van der Waals surface area contributed by atoms with Gasteiger partial charge in [-0.05, 0) is 25.0 Å². The lowest BCUT2D eigenvalue weighted by Gasteiger charge is -2.23. The highest BCUT2D eigenvalue weighted by atomic mass is 16.3. The molecule has 90 valence electrons. The lowest BCUT2D eigenvalue weighted by atomic mass is 10.1. The Morgan fingerprint density at radius 2 is 2.12 bits per heavy atom. The number of aliphatic hydroxyl groups is 1. The standard InChI is InChI=1S/C14H17NO2/c1-15(9-14(10-16)6-7-14)12-8-17-13-5-3-2-4-11(12)13/h2-5,8,16H,6-7,9-10H2,1H3. The minimum atomic E-state index is 0.132. The third kappa shape index (κ3) is 1.80. The van der Waals surface area contributed by atoms with Crippen molar-refractivity contribution in [2.75, 3.05) is 25.1 Å². The Hall–Kier alpha value is -1.48. The molecule has 1 fully saturated rings. The first-order valence-corrected chi connectivity index (χ1v) is 6.02. The molecule has 1 saturated carbocycles. The molecule has 3 rings (SSSR count). The van der Waals surface area contributed by atoms with Crippen LogP contribution in [-0.4, -0.2) is 25.3 Å². The van der Waals surface area contributed by atoms with E-state index in [4.69, 9.17) is 4.42 Å².